The molecule has 0 amide bonds. The first-order chi connectivity index (χ1) is 13.2. The van der Waals surface area contributed by atoms with E-state index < -0.39 is 5.82 Å². The molecular weight excluding hydrogens is 349 g/mol. The highest BCUT2D eigenvalue weighted by Crippen LogP contribution is 2.22. The van der Waals surface area contributed by atoms with Crippen molar-refractivity contribution in [3.8, 4) is 5.75 Å². The number of methoxy groups -OCH3 is 1. The van der Waals surface area contributed by atoms with Crippen LogP contribution in [0.4, 0.5) is 4.39 Å². The summed E-state index contributed by atoms with van der Waals surface area (Å²) in [5.41, 5.74) is 2.23. The van der Waals surface area contributed by atoms with Gasteiger partial charge in [-0.25, -0.2) is 9.38 Å². The first-order valence-electron chi connectivity index (χ1n) is 8.93. The van der Waals surface area contributed by atoms with Gasteiger partial charge in [-0.15, -0.1) is 0 Å². The topological polar surface area (TPSA) is 79.3 Å². The second kappa shape index (κ2) is 7.89. The van der Waals surface area contributed by atoms with Gasteiger partial charge in [0.05, 0.1) is 32.1 Å². The molecular formula is C19H22FN5O2. The summed E-state index contributed by atoms with van der Waals surface area (Å²) < 4.78 is 24.8. The number of nitrogens with one attached hydrogen (secondary N) is 3. The van der Waals surface area contributed by atoms with Gasteiger partial charge in [-0.05, 0) is 24.3 Å². The Bertz CT molecular complexity index is 827. The molecule has 3 heterocycles. The highest BCUT2D eigenvalue weighted by Gasteiger charge is 2.27. The summed E-state index contributed by atoms with van der Waals surface area (Å²) >= 11 is 0. The van der Waals surface area contributed by atoms with Crippen molar-refractivity contribution >= 4 is 11.5 Å². The standard InChI is InChI=1S/C19H22FN5O2/c1-26-17-3-2-12(8-14(17)20)15-9-16-18(23-5-4-22-16)19(25-15)24-11-13-10-21-6-7-27-13/h2-5,8-9,13,18,21-23H,6-7,10-11H2,1H3/t13-,18?/m0/s1. The molecule has 1 aromatic carbocycles. The number of fused-ring (bicyclic) bond motifs is 1. The maximum atomic E-state index is 14.1. The summed E-state index contributed by atoms with van der Waals surface area (Å²) in [6, 6.07) is 4.66. The number of benzene rings is 1. The van der Waals surface area contributed by atoms with Crippen molar-refractivity contribution in [2.45, 2.75) is 12.1 Å². The van der Waals surface area contributed by atoms with E-state index in [1.54, 1.807) is 12.1 Å². The van der Waals surface area contributed by atoms with E-state index in [9.17, 15) is 4.39 Å². The van der Waals surface area contributed by atoms with Crippen LogP contribution in [0.1, 0.15) is 5.56 Å². The van der Waals surface area contributed by atoms with Crippen molar-refractivity contribution < 1.29 is 13.9 Å². The number of hydrogen-bond acceptors (Lipinski definition) is 6. The largest absolute Gasteiger partial charge is 0.494 e. The van der Waals surface area contributed by atoms with E-state index in [4.69, 9.17) is 14.5 Å². The van der Waals surface area contributed by atoms with Crippen LogP contribution in [0.15, 0.2) is 52.4 Å². The van der Waals surface area contributed by atoms with Crippen molar-refractivity contribution in [1.82, 2.24) is 16.0 Å². The summed E-state index contributed by atoms with van der Waals surface area (Å²) in [7, 11) is 1.44. The number of hydrogen-bond donors (Lipinski definition) is 3. The Kier molecular flexibility index (Phi) is 5.17. The highest BCUT2D eigenvalue weighted by atomic mass is 19.1. The third kappa shape index (κ3) is 3.86. The molecule has 1 saturated heterocycles. The number of amidine groups is 1. The summed E-state index contributed by atoms with van der Waals surface area (Å²) in [5, 5.41) is 9.78. The zero-order chi connectivity index (χ0) is 18.6. The highest BCUT2D eigenvalue weighted by molar-refractivity contribution is 6.18. The maximum absolute atomic E-state index is 14.1. The first-order valence-corrected chi connectivity index (χ1v) is 8.93. The van der Waals surface area contributed by atoms with Gasteiger partial charge in [0.15, 0.2) is 17.4 Å². The Hall–Kier alpha value is -2.71. The van der Waals surface area contributed by atoms with E-state index in [1.165, 1.54) is 13.2 Å². The van der Waals surface area contributed by atoms with Crippen LogP contribution in [0, 0.1) is 5.82 Å². The molecule has 0 aromatic heterocycles. The summed E-state index contributed by atoms with van der Waals surface area (Å²) in [4.78, 5) is 9.38. The lowest BCUT2D eigenvalue weighted by atomic mass is 10.0. The Balaban J connectivity index is 1.63. The van der Waals surface area contributed by atoms with Gasteiger partial charge in [0.1, 0.15) is 6.04 Å². The average molecular weight is 371 g/mol. The lowest BCUT2D eigenvalue weighted by molar-refractivity contribution is 0.0349. The molecule has 0 saturated carbocycles. The van der Waals surface area contributed by atoms with Crippen molar-refractivity contribution in [3.05, 3.63) is 53.8 Å². The Morgan fingerprint density at radius 2 is 2.30 bits per heavy atom. The summed E-state index contributed by atoms with van der Waals surface area (Å²) in [6.07, 6.45) is 5.57. The first kappa shape index (κ1) is 17.7. The lowest BCUT2D eigenvalue weighted by Gasteiger charge is -2.29. The summed E-state index contributed by atoms with van der Waals surface area (Å²) in [5.74, 6) is 0.426. The van der Waals surface area contributed by atoms with Gasteiger partial charge in [0.25, 0.3) is 0 Å². The second-order valence-corrected chi connectivity index (χ2v) is 6.42. The molecule has 1 unspecified atom stereocenters. The number of rotatable bonds is 4. The quantitative estimate of drug-likeness (QED) is 0.734. The molecule has 0 bridgehead atoms. The minimum atomic E-state index is -0.423. The van der Waals surface area contributed by atoms with E-state index in [2.05, 4.69) is 20.9 Å². The van der Waals surface area contributed by atoms with Crippen LogP contribution >= 0.6 is 0 Å². The number of halogens is 1. The van der Waals surface area contributed by atoms with E-state index in [0.29, 0.717) is 30.3 Å². The van der Waals surface area contributed by atoms with E-state index in [0.717, 1.165) is 18.8 Å². The molecule has 142 valence electrons. The van der Waals surface area contributed by atoms with Crippen LogP contribution in [0.3, 0.4) is 0 Å². The molecule has 4 rings (SSSR count). The number of dihydropyridines is 1. The van der Waals surface area contributed by atoms with Crippen LogP contribution in [-0.2, 0) is 4.74 Å². The number of ether oxygens (including phenoxy) is 2. The van der Waals surface area contributed by atoms with Crippen LogP contribution in [0.5, 0.6) is 5.75 Å². The minimum absolute atomic E-state index is 0.0322. The van der Waals surface area contributed by atoms with Gasteiger partial charge in [0.2, 0.25) is 0 Å². The average Bonchev–Trinajstić information content (AvgIpc) is 2.72. The van der Waals surface area contributed by atoms with E-state index in [1.807, 2.05) is 18.5 Å². The molecule has 0 radical (unpaired) electrons. The van der Waals surface area contributed by atoms with Gasteiger partial charge < -0.3 is 25.4 Å². The normalized spacial score (nSPS) is 25.8. The van der Waals surface area contributed by atoms with Crippen molar-refractivity contribution in [3.63, 3.8) is 0 Å². The fourth-order valence-corrected chi connectivity index (χ4v) is 3.19. The number of nitrogens with zero attached hydrogens (tertiary/aromatic N) is 2. The molecule has 8 heteroatoms. The second-order valence-electron chi connectivity index (χ2n) is 6.42. The van der Waals surface area contributed by atoms with Gasteiger partial charge in [-0.2, -0.15) is 0 Å². The van der Waals surface area contributed by atoms with Gasteiger partial charge >= 0.3 is 0 Å². The molecule has 27 heavy (non-hydrogen) atoms. The molecule has 3 aliphatic rings. The molecule has 0 aliphatic carbocycles. The smallest absolute Gasteiger partial charge is 0.165 e. The fourth-order valence-electron chi connectivity index (χ4n) is 3.19. The SMILES string of the molecule is COc1ccc(C2=NC(=NC[C@@H]3CNCCO3)C3NC=CNC3=C2)cc1F. The number of allylic oxidation sites excluding steroid dienone is 1. The monoisotopic (exact) mass is 371 g/mol. The zero-order valence-electron chi connectivity index (χ0n) is 15.0. The van der Waals surface area contributed by atoms with E-state index >= 15 is 0 Å². The van der Waals surface area contributed by atoms with Crippen LogP contribution < -0.4 is 20.7 Å². The molecule has 1 fully saturated rings. The van der Waals surface area contributed by atoms with Crippen molar-refractivity contribution in [1.29, 1.82) is 0 Å². The fraction of sp³-hybridized carbons (Fsp3) is 0.368. The predicted molar refractivity (Wildman–Crippen MR) is 102 cm³/mol. The van der Waals surface area contributed by atoms with Gasteiger partial charge in [-0.1, -0.05) is 0 Å². The third-order valence-corrected chi connectivity index (χ3v) is 4.60. The molecule has 3 N–H and O–H groups in total. The van der Waals surface area contributed by atoms with Crippen LogP contribution in [0.2, 0.25) is 0 Å². The molecule has 7 nitrogen and oxygen atoms in total. The number of morpholine rings is 1. The molecule has 1 aromatic rings. The number of aliphatic imine (C=N–C) groups is 2. The predicted octanol–water partition coefficient (Wildman–Crippen LogP) is 0.940. The Morgan fingerprint density at radius 3 is 3.07 bits per heavy atom. The van der Waals surface area contributed by atoms with Crippen LogP contribution in [0.25, 0.3) is 0 Å². The van der Waals surface area contributed by atoms with Crippen LogP contribution in [-0.4, -0.2) is 57.0 Å². The molecule has 0 spiro atoms. The minimum Gasteiger partial charge on any atom is -0.494 e. The lowest BCUT2D eigenvalue weighted by Crippen LogP contribution is -2.45. The van der Waals surface area contributed by atoms with Crippen molar-refractivity contribution in [2.75, 3.05) is 33.4 Å². The Labute approximate surface area is 157 Å². The van der Waals surface area contributed by atoms with Gasteiger partial charge in [0, 0.05) is 36.7 Å². The van der Waals surface area contributed by atoms with Gasteiger partial charge in [-0.3, -0.25) is 4.99 Å². The molecule has 2 atom stereocenters. The van der Waals surface area contributed by atoms with Crippen molar-refractivity contribution in [2.24, 2.45) is 9.98 Å². The third-order valence-electron chi connectivity index (χ3n) is 4.60. The molecule has 3 aliphatic heterocycles. The Morgan fingerprint density at radius 1 is 1.37 bits per heavy atom. The van der Waals surface area contributed by atoms with E-state index in [-0.39, 0.29) is 17.9 Å². The maximum Gasteiger partial charge on any atom is 0.165 e. The zero-order valence-corrected chi connectivity index (χ0v) is 15.0. The summed E-state index contributed by atoms with van der Waals surface area (Å²) in [6.45, 7) is 2.84.